The van der Waals surface area contributed by atoms with Crippen LogP contribution in [0.2, 0.25) is 0 Å². The molecular weight excluding hydrogens is 386 g/mol. The molecular formula is C23H21NO4S. The van der Waals surface area contributed by atoms with Gasteiger partial charge in [0, 0.05) is 21.7 Å². The first-order valence-corrected chi connectivity index (χ1v) is 10.1. The van der Waals surface area contributed by atoms with Gasteiger partial charge in [-0.25, -0.2) is 4.79 Å². The van der Waals surface area contributed by atoms with E-state index in [4.69, 9.17) is 4.74 Å². The van der Waals surface area contributed by atoms with Crippen LogP contribution < -0.4 is 5.32 Å². The number of hydrogen-bond donors (Lipinski definition) is 1. The van der Waals surface area contributed by atoms with Crippen molar-refractivity contribution in [2.24, 2.45) is 0 Å². The van der Waals surface area contributed by atoms with Gasteiger partial charge in [-0.15, -0.1) is 11.3 Å². The molecule has 0 aliphatic carbocycles. The Labute approximate surface area is 173 Å². The number of benzene rings is 2. The van der Waals surface area contributed by atoms with Crippen LogP contribution in [0.3, 0.4) is 0 Å². The Morgan fingerprint density at radius 2 is 1.66 bits per heavy atom. The second-order valence-corrected chi connectivity index (χ2v) is 7.60. The summed E-state index contributed by atoms with van der Waals surface area (Å²) in [5, 5.41) is 2.77. The number of ether oxygens (including phenoxy) is 1. The van der Waals surface area contributed by atoms with E-state index in [0.29, 0.717) is 21.7 Å². The fourth-order valence-corrected chi connectivity index (χ4v) is 3.80. The molecule has 0 spiro atoms. The summed E-state index contributed by atoms with van der Waals surface area (Å²) in [5.74, 6) is -1.02. The molecule has 0 saturated heterocycles. The zero-order valence-electron chi connectivity index (χ0n) is 16.2. The summed E-state index contributed by atoms with van der Waals surface area (Å²) in [6.45, 7) is 3.66. The molecule has 3 rings (SSSR count). The van der Waals surface area contributed by atoms with Crippen molar-refractivity contribution in [3.8, 4) is 0 Å². The number of esters is 1. The van der Waals surface area contributed by atoms with Gasteiger partial charge in [0.1, 0.15) is 4.88 Å². The summed E-state index contributed by atoms with van der Waals surface area (Å²) in [5.41, 5.74) is 2.60. The first kappa shape index (κ1) is 20.5. The second kappa shape index (κ2) is 9.30. The first-order chi connectivity index (χ1) is 14.0. The molecule has 2 aromatic carbocycles. The minimum atomic E-state index is -0.488. The predicted molar refractivity (Wildman–Crippen MR) is 114 cm³/mol. The van der Waals surface area contributed by atoms with Crippen molar-refractivity contribution in [2.45, 2.75) is 20.3 Å². The van der Waals surface area contributed by atoms with Crippen molar-refractivity contribution in [3.63, 3.8) is 0 Å². The molecule has 0 radical (unpaired) electrons. The number of thiophene rings is 1. The molecule has 0 aliphatic heterocycles. The number of aryl methyl sites for hydroxylation is 2. The van der Waals surface area contributed by atoms with E-state index in [0.717, 1.165) is 16.9 Å². The Morgan fingerprint density at radius 3 is 2.28 bits per heavy atom. The molecule has 0 aliphatic rings. The van der Waals surface area contributed by atoms with Crippen molar-refractivity contribution in [2.75, 3.05) is 11.9 Å². The third-order valence-electron chi connectivity index (χ3n) is 4.38. The topological polar surface area (TPSA) is 72.5 Å². The van der Waals surface area contributed by atoms with Crippen molar-refractivity contribution >= 4 is 34.7 Å². The molecule has 1 aromatic heterocycles. The van der Waals surface area contributed by atoms with Gasteiger partial charge < -0.3 is 10.1 Å². The van der Waals surface area contributed by atoms with Gasteiger partial charge in [0.2, 0.25) is 0 Å². The van der Waals surface area contributed by atoms with Crippen LogP contribution in [0.1, 0.15) is 47.8 Å². The zero-order chi connectivity index (χ0) is 20.8. The van der Waals surface area contributed by atoms with Gasteiger partial charge in [-0.1, -0.05) is 25.1 Å². The third-order valence-corrected chi connectivity index (χ3v) is 5.74. The summed E-state index contributed by atoms with van der Waals surface area (Å²) < 4.78 is 5.16. The van der Waals surface area contributed by atoms with Crippen LogP contribution in [0.5, 0.6) is 0 Å². The number of Topliss-reactive ketones (excluding diaryl/α,β-unsaturated/α-hetero) is 1. The molecule has 0 bridgehead atoms. The summed E-state index contributed by atoms with van der Waals surface area (Å²) in [6, 6.07) is 17.1. The van der Waals surface area contributed by atoms with Crippen molar-refractivity contribution in [1.82, 2.24) is 0 Å². The summed E-state index contributed by atoms with van der Waals surface area (Å²) in [6.07, 6.45) is 0.857. The highest BCUT2D eigenvalue weighted by atomic mass is 32.1. The largest absolute Gasteiger partial charge is 0.453 e. The highest BCUT2D eigenvalue weighted by Crippen LogP contribution is 2.23. The number of amides is 1. The van der Waals surface area contributed by atoms with Crippen molar-refractivity contribution in [3.05, 3.63) is 87.1 Å². The van der Waals surface area contributed by atoms with Crippen LogP contribution in [-0.4, -0.2) is 24.3 Å². The lowest BCUT2D eigenvalue weighted by molar-refractivity contribution is 0.0479. The molecule has 29 heavy (non-hydrogen) atoms. The number of nitrogens with one attached hydrogen (secondary N) is 1. The fourth-order valence-electron chi connectivity index (χ4n) is 2.79. The number of anilines is 1. The maximum absolute atomic E-state index is 12.3. The van der Waals surface area contributed by atoms with Gasteiger partial charge in [0.25, 0.3) is 5.91 Å². The normalized spacial score (nSPS) is 10.4. The van der Waals surface area contributed by atoms with E-state index < -0.39 is 5.97 Å². The molecule has 1 amide bonds. The van der Waals surface area contributed by atoms with Crippen molar-refractivity contribution < 1.29 is 19.1 Å². The predicted octanol–water partition coefficient (Wildman–Crippen LogP) is 4.91. The van der Waals surface area contributed by atoms with Crippen LogP contribution in [0.4, 0.5) is 5.69 Å². The van der Waals surface area contributed by atoms with Crippen LogP contribution in [0.15, 0.2) is 60.7 Å². The van der Waals surface area contributed by atoms with E-state index in [2.05, 4.69) is 5.32 Å². The van der Waals surface area contributed by atoms with E-state index in [9.17, 15) is 14.4 Å². The molecule has 1 heterocycles. The zero-order valence-corrected chi connectivity index (χ0v) is 17.0. The molecule has 148 valence electrons. The summed E-state index contributed by atoms with van der Waals surface area (Å²) >= 11 is 1.39. The second-order valence-electron chi connectivity index (χ2n) is 6.47. The van der Waals surface area contributed by atoms with E-state index >= 15 is 0 Å². The average Bonchev–Trinajstić information content (AvgIpc) is 3.13. The molecule has 0 atom stereocenters. The highest BCUT2D eigenvalue weighted by Gasteiger charge is 2.15. The molecule has 0 fully saturated rings. The minimum absolute atomic E-state index is 0.226. The van der Waals surface area contributed by atoms with Gasteiger partial charge in [0.05, 0.1) is 0 Å². The Hall–Kier alpha value is -3.25. The van der Waals surface area contributed by atoms with Gasteiger partial charge in [-0.05, 0) is 61.4 Å². The maximum Gasteiger partial charge on any atom is 0.348 e. The quantitative estimate of drug-likeness (QED) is 0.446. The Kier molecular flexibility index (Phi) is 6.57. The van der Waals surface area contributed by atoms with Crippen LogP contribution in [0.25, 0.3) is 0 Å². The minimum Gasteiger partial charge on any atom is -0.453 e. The maximum atomic E-state index is 12.3. The van der Waals surface area contributed by atoms with E-state index in [-0.39, 0.29) is 18.3 Å². The Balaban J connectivity index is 1.56. The molecule has 5 nitrogen and oxygen atoms in total. The van der Waals surface area contributed by atoms with E-state index in [1.807, 2.05) is 19.9 Å². The SMILES string of the molecule is CCc1sc(C(=O)OCC(=O)c2ccc(NC(=O)c3ccccc3)cc2)cc1C. The first-order valence-electron chi connectivity index (χ1n) is 9.24. The smallest absolute Gasteiger partial charge is 0.348 e. The van der Waals surface area contributed by atoms with Gasteiger partial charge in [-0.3, -0.25) is 9.59 Å². The van der Waals surface area contributed by atoms with Crippen LogP contribution >= 0.6 is 11.3 Å². The lowest BCUT2D eigenvalue weighted by atomic mass is 10.1. The summed E-state index contributed by atoms with van der Waals surface area (Å²) in [4.78, 5) is 38.3. The number of ketones is 1. The third kappa shape index (κ3) is 5.18. The van der Waals surface area contributed by atoms with Crippen LogP contribution in [-0.2, 0) is 11.2 Å². The van der Waals surface area contributed by atoms with Gasteiger partial charge in [0.15, 0.2) is 12.4 Å². The number of hydrogen-bond acceptors (Lipinski definition) is 5. The number of carbonyl (C=O) groups is 3. The fraction of sp³-hybridized carbons (Fsp3) is 0.174. The van der Waals surface area contributed by atoms with Gasteiger partial charge >= 0.3 is 5.97 Å². The van der Waals surface area contributed by atoms with Gasteiger partial charge in [-0.2, -0.15) is 0 Å². The molecule has 1 N–H and O–H groups in total. The number of carbonyl (C=O) groups excluding carboxylic acids is 3. The Bertz CT molecular complexity index is 1020. The van der Waals surface area contributed by atoms with Crippen LogP contribution in [0, 0.1) is 6.92 Å². The Morgan fingerprint density at radius 1 is 0.966 bits per heavy atom. The molecule has 6 heteroatoms. The monoisotopic (exact) mass is 407 g/mol. The average molecular weight is 407 g/mol. The lowest BCUT2D eigenvalue weighted by Gasteiger charge is -2.07. The summed E-state index contributed by atoms with van der Waals surface area (Å²) in [7, 11) is 0. The molecule has 3 aromatic rings. The highest BCUT2D eigenvalue weighted by molar-refractivity contribution is 7.14. The van der Waals surface area contributed by atoms with E-state index in [1.54, 1.807) is 54.6 Å². The molecule has 0 unspecified atom stereocenters. The standard InChI is InChI=1S/C23H21NO4S/c1-3-20-15(2)13-21(29-20)23(27)28-14-19(25)16-9-11-18(12-10-16)24-22(26)17-7-5-4-6-8-17/h4-13H,3,14H2,1-2H3,(H,24,26). The van der Waals surface area contributed by atoms with E-state index in [1.165, 1.54) is 11.3 Å². The van der Waals surface area contributed by atoms with Crippen molar-refractivity contribution in [1.29, 1.82) is 0 Å². The molecule has 0 saturated carbocycles. The number of rotatable bonds is 7. The lowest BCUT2D eigenvalue weighted by Crippen LogP contribution is -2.14.